The van der Waals surface area contributed by atoms with Gasteiger partial charge >= 0.3 is 0 Å². The number of amides is 1. The highest BCUT2D eigenvalue weighted by Crippen LogP contribution is 2.39. The molecular weight excluding hydrogens is 404 g/mol. The van der Waals surface area contributed by atoms with Gasteiger partial charge < -0.3 is 14.4 Å². The van der Waals surface area contributed by atoms with Gasteiger partial charge in [-0.15, -0.1) is 0 Å². The lowest BCUT2D eigenvalue weighted by Crippen LogP contribution is -2.49. The molecular formula is C22H26N2O5S. The van der Waals surface area contributed by atoms with Crippen molar-refractivity contribution >= 4 is 15.9 Å². The maximum absolute atomic E-state index is 13.5. The summed E-state index contributed by atoms with van der Waals surface area (Å²) in [4.78, 5) is 14.2. The minimum atomic E-state index is -3.77. The van der Waals surface area contributed by atoms with Crippen molar-refractivity contribution in [2.24, 2.45) is 0 Å². The number of sulfonamides is 1. The third-order valence-electron chi connectivity index (χ3n) is 5.75. The van der Waals surface area contributed by atoms with Crippen LogP contribution in [-0.2, 0) is 21.4 Å². The zero-order valence-electron chi connectivity index (χ0n) is 17.2. The van der Waals surface area contributed by atoms with Gasteiger partial charge in [-0.2, -0.15) is 4.31 Å². The first kappa shape index (κ1) is 20.7. The number of methoxy groups -OCH3 is 1. The van der Waals surface area contributed by atoms with Crippen molar-refractivity contribution < 1.29 is 22.7 Å². The number of carbonyl (C=O) groups excluding carboxylic acids is 1. The van der Waals surface area contributed by atoms with Crippen LogP contribution in [0.3, 0.4) is 0 Å². The number of rotatable bonds is 4. The van der Waals surface area contributed by atoms with E-state index in [1.807, 2.05) is 31.2 Å². The summed E-state index contributed by atoms with van der Waals surface area (Å²) in [7, 11) is -2.17. The Morgan fingerprint density at radius 3 is 2.57 bits per heavy atom. The molecule has 0 saturated carbocycles. The SMILES string of the molecule is CCC(=O)N1CC[C@]2(C1)CN(Cc1ccc(OC)cc1)S(=O)(=O)c1ccccc1O2. The van der Waals surface area contributed by atoms with Crippen molar-refractivity contribution in [3.05, 3.63) is 54.1 Å². The fraction of sp³-hybridized carbons (Fsp3) is 0.409. The molecule has 8 heteroatoms. The van der Waals surface area contributed by atoms with E-state index in [1.165, 1.54) is 4.31 Å². The van der Waals surface area contributed by atoms with Gasteiger partial charge in [-0.3, -0.25) is 4.79 Å². The quantitative estimate of drug-likeness (QED) is 0.745. The van der Waals surface area contributed by atoms with Crippen molar-refractivity contribution in [2.45, 2.75) is 36.8 Å². The van der Waals surface area contributed by atoms with Gasteiger partial charge in [0.1, 0.15) is 22.0 Å². The Kier molecular flexibility index (Phi) is 5.46. The Hall–Kier alpha value is -2.58. The van der Waals surface area contributed by atoms with Crippen LogP contribution in [0.25, 0.3) is 0 Å². The van der Waals surface area contributed by atoms with E-state index in [-0.39, 0.29) is 23.9 Å². The predicted octanol–water partition coefficient (Wildman–Crippen LogP) is 2.66. The van der Waals surface area contributed by atoms with Crippen LogP contribution in [0.5, 0.6) is 11.5 Å². The summed E-state index contributed by atoms with van der Waals surface area (Å²) in [6, 6.07) is 14.1. The molecule has 160 valence electrons. The molecule has 1 saturated heterocycles. The average Bonchev–Trinajstić information content (AvgIpc) is 3.13. The van der Waals surface area contributed by atoms with Crippen molar-refractivity contribution in [3.63, 3.8) is 0 Å². The van der Waals surface area contributed by atoms with E-state index in [1.54, 1.807) is 36.3 Å². The molecule has 0 unspecified atom stereocenters. The first-order chi connectivity index (χ1) is 14.4. The highest BCUT2D eigenvalue weighted by atomic mass is 32.2. The first-order valence-corrected chi connectivity index (χ1v) is 11.5. The molecule has 0 aliphatic carbocycles. The molecule has 30 heavy (non-hydrogen) atoms. The number of hydrogen-bond donors (Lipinski definition) is 0. The third kappa shape index (κ3) is 3.77. The van der Waals surface area contributed by atoms with Gasteiger partial charge in [0.25, 0.3) is 0 Å². The fourth-order valence-corrected chi connectivity index (χ4v) is 5.74. The van der Waals surface area contributed by atoms with Crippen LogP contribution in [-0.4, -0.2) is 55.9 Å². The maximum Gasteiger partial charge on any atom is 0.247 e. The highest BCUT2D eigenvalue weighted by molar-refractivity contribution is 7.89. The van der Waals surface area contributed by atoms with Crippen LogP contribution >= 0.6 is 0 Å². The normalized spacial score (nSPS) is 22.9. The van der Waals surface area contributed by atoms with E-state index in [4.69, 9.17) is 9.47 Å². The van der Waals surface area contributed by atoms with Crippen LogP contribution in [0, 0.1) is 0 Å². The standard InChI is InChI=1S/C22H26N2O5S/c1-3-21(25)23-13-12-22(15-23)16-24(14-17-8-10-18(28-2)11-9-17)30(26,27)20-7-5-4-6-19(20)29-22/h4-11H,3,12-16H2,1-2H3/t22-/m0/s1. The largest absolute Gasteiger partial charge is 0.497 e. The topological polar surface area (TPSA) is 76.2 Å². The lowest BCUT2D eigenvalue weighted by molar-refractivity contribution is -0.130. The van der Waals surface area contributed by atoms with Crippen LogP contribution in [0.1, 0.15) is 25.3 Å². The van der Waals surface area contributed by atoms with E-state index in [9.17, 15) is 13.2 Å². The summed E-state index contributed by atoms with van der Waals surface area (Å²) in [5.41, 5.74) is 0.0881. The van der Waals surface area contributed by atoms with Gasteiger partial charge in [0, 0.05) is 25.9 Å². The Morgan fingerprint density at radius 2 is 1.87 bits per heavy atom. The van der Waals surface area contributed by atoms with Gasteiger partial charge in [0.05, 0.1) is 20.2 Å². The minimum absolute atomic E-state index is 0.0533. The molecule has 2 aromatic rings. The molecule has 1 atom stereocenters. The Bertz CT molecular complexity index is 1040. The van der Waals surface area contributed by atoms with Crippen molar-refractivity contribution in [3.8, 4) is 11.5 Å². The average molecular weight is 431 g/mol. The van der Waals surface area contributed by atoms with E-state index in [0.29, 0.717) is 37.4 Å². The zero-order valence-corrected chi connectivity index (χ0v) is 18.0. The number of likely N-dealkylation sites (tertiary alicyclic amines) is 1. The summed E-state index contributed by atoms with van der Waals surface area (Å²) in [5.74, 6) is 1.12. The number of para-hydroxylation sites is 1. The van der Waals surface area contributed by atoms with E-state index < -0.39 is 15.6 Å². The van der Waals surface area contributed by atoms with Gasteiger partial charge in [-0.25, -0.2) is 8.42 Å². The van der Waals surface area contributed by atoms with Crippen LogP contribution in [0.4, 0.5) is 0 Å². The molecule has 2 aromatic carbocycles. The number of hydrogen-bond acceptors (Lipinski definition) is 5. The second-order valence-corrected chi connectivity index (χ2v) is 9.68. The van der Waals surface area contributed by atoms with Gasteiger partial charge in [0.2, 0.25) is 15.9 Å². The highest BCUT2D eigenvalue weighted by Gasteiger charge is 2.48. The number of nitrogens with zero attached hydrogens (tertiary/aromatic N) is 2. The Labute approximate surface area is 177 Å². The smallest absolute Gasteiger partial charge is 0.247 e. The van der Waals surface area contributed by atoms with E-state index in [2.05, 4.69) is 0 Å². The van der Waals surface area contributed by atoms with E-state index in [0.717, 1.165) is 5.56 Å². The molecule has 1 spiro atoms. The Balaban J connectivity index is 1.71. The summed E-state index contributed by atoms with van der Waals surface area (Å²) in [5, 5.41) is 0. The third-order valence-corrected chi connectivity index (χ3v) is 7.58. The molecule has 0 radical (unpaired) electrons. The Morgan fingerprint density at radius 1 is 1.13 bits per heavy atom. The number of fused-ring (bicyclic) bond motifs is 1. The number of ether oxygens (including phenoxy) is 2. The van der Waals surface area contributed by atoms with Crippen LogP contribution in [0.2, 0.25) is 0 Å². The molecule has 2 aliphatic rings. The maximum atomic E-state index is 13.5. The van der Waals surface area contributed by atoms with Gasteiger partial charge in [-0.05, 0) is 29.8 Å². The first-order valence-electron chi connectivity index (χ1n) is 10.1. The molecule has 0 aromatic heterocycles. The van der Waals surface area contributed by atoms with Crippen LogP contribution < -0.4 is 9.47 Å². The fourth-order valence-electron chi connectivity index (χ4n) is 4.13. The molecule has 0 N–H and O–H groups in total. The van der Waals surface area contributed by atoms with Gasteiger partial charge in [-0.1, -0.05) is 31.2 Å². The summed E-state index contributed by atoms with van der Waals surface area (Å²) >= 11 is 0. The lowest BCUT2D eigenvalue weighted by atomic mass is 10.0. The molecule has 0 bridgehead atoms. The zero-order chi connectivity index (χ0) is 21.4. The van der Waals surface area contributed by atoms with Crippen molar-refractivity contribution in [2.75, 3.05) is 26.7 Å². The molecule has 2 heterocycles. The summed E-state index contributed by atoms with van der Waals surface area (Å²) in [6.07, 6.45) is 1.00. The van der Waals surface area contributed by atoms with Crippen LogP contribution in [0.15, 0.2) is 53.4 Å². The summed E-state index contributed by atoms with van der Waals surface area (Å²) < 4.78 is 40.0. The second-order valence-electron chi connectivity index (χ2n) is 7.77. The molecule has 7 nitrogen and oxygen atoms in total. The predicted molar refractivity (Wildman–Crippen MR) is 112 cm³/mol. The van der Waals surface area contributed by atoms with Crippen molar-refractivity contribution in [1.29, 1.82) is 0 Å². The van der Waals surface area contributed by atoms with Crippen molar-refractivity contribution in [1.82, 2.24) is 9.21 Å². The molecule has 1 fully saturated rings. The lowest BCUT2D eigenvalue weighted by Gasteiger charge is -2.32. The second kappa shape index (κ2) is 7.92. The molecule has 1 amide bonds. The monoisotopic (exact) mass is 430 g/mol. The number of benzene rings is 2. The minimum Gasteiger partial charge on any atom is -0.497 e. The van der Waals surface area contributed by atoms with E-state index >= 15 is 0 Å². The molecule has 2 aliphatic heterocycles. The molecule has 4 rings (SSSR count). The summed E-state index contributed by atoms with van der Waals surface area (Å²) in [6.45, 7) is 3.17. The van der Waals surface area contributed by atoms with Gasteiger partial charge in [0.15, 0.2) is 0 Å². The number of carbonyl (C=O) groups is 1.